The lowest BCUT2D eigenvalue weighted by molar-refractivity contribution is 0.109. The Morgan fingerprint density at radius 1 is 0.905 bits per heavy atom. The molecule has 0 spiro atoms. The SMILES string of the molecule is CC(C)OC(=O)Nc1ccc(-c2cnc(C3CCC(NC(=O)OC(C)C)CC3)s2)c(S(=O)(=O)C(C)c2ccccc2)c1. The number of amides is 2. The molecule has 226 valence electrons. The fourth-order valence-corrected chi connectivity index (χ4v) is 7.86. The van der Waals surface area contributed by atoms with Crippen molar-refractivity contribution in [1.29, 1.82) is 0 Å². The van der Waals surface area contributed by atoms with Crippen molar-refractivity contribution >= 4 is 39.0 Å². The van der Waals surface area contributed by atoms with E-state index in [1.165, 1.54) is 17.4 Å². The molecule has 1 unspecified atom stereocenters. The highest BCUT2D eigenvalue weighted by molar-refractivity contribution is 7.91. The van der Waals surface area contributed by atoms with Gasteiger partial charge in [0, 0.05) is 29.4 Å². The van der Waals surface area contributed by atoms with E-state index >= 15 is 0 Å². The van der Waals surface area contributed by atoms with Crippen LogP contribution in [0.1, 0.15) is 82.0 Å². The van der Waals surface area contributed by atoms with Gasteiger partial charge in [-0.05, 0) is 78.0 Å². The minimum Gasteiger partial charge on any atom is -0.447 e. The first kappa shape index (κ1) is 31.5. The highest BCUT2D eigenvalue weighted by atomic mass is 32.2. The Morgan fingerprint density at radius 2 is 1.55 bits per heavy atom. The van der Waals surface area contributed by atoms with Gasteiger partial charge < -0.3 is 14.8 Å². The summed E-state index contributed by atoms with van der Waals surface area (Å²) in [6.45, 7) is 8.79. The summed E-state index contributed by atoms with van der Waals surface area (Å²) in [6.07, 6.45) is 3.54. The first-order valence-corrected chi connectivity index (χ1v) is 16.6. The Hall–Kier alpha value is -3.44. The largest absolute Gasteiger partial charge is 0.447 e. The molecule has 2 N–H and O–H groups in total. The number of hydrogen-bond donors (Lipinski definition) is 2. The van der Waals surface area contributed by atoms with Crippen molar-refractivity contribution in [3.8, 4) is 10.4 Å². The van der Waals surface area contributed by atoms with E-state index < -0.39 is 21.2 Å². The van der Waals surface area contributed by atoms with Gasteiger partial charge in [0.25, 0.3) is 0 Å². The lowest BCUT2D eigenvalue weighted by Gasteiger charge is -2.28. The van der Waals surface area contributed by atoms with Crippen molar-refractivity contribution in [2.75, 3.05) is 5.32 Å². The summed E-state index contributed by atoms with van der Waals surface area (Å²) in [4.78, 5) is 29.8. The number of anilines is 1. The minimum absolute atomic E-state index is 0.0607. The predicted octanol–water partition coefficient (Wildman–Crippen LogP) is 7.46. The third kappa shape index (κ3) is 7.89. The molecule has 1 aromatic heterocycles. The number of aromatic nitrogens is 1. The second-order valence-electron chi connectivity index (χ2n) is 11.1. The van der Waals surface area contributed by atoms with Gasteiger partial charge in [-0.15, -0.1) is 11.3 Å². The average molecular weight is 614 g/mol. The number of alkyl carbamates (subject to hydrolysis) is 1. The Bertz CT molecular complexity index is 1480. The Morgan fingerprint density at radius 3 is 2.19 bits per heavy atom. The molecule has 0 saturated heterocycles. The number of ether oxygens (including phenoxy) is 2. The number of rotatable bonds is 9. The third-order valence-electron chi connectivity index (χ3n) is 7.14. The van der Waals surface area contributed by atoms with Gasteiger partial charge in [0.1, 0.15) is 0 Å². The molecule has 0 bridgehead atoms. The van der Waals surface area contributed by atoms with E-state index in [4.69, 9.17) is 14.5 Å². The zero-order valence-electron chi connectivity index (χ0n) is 24.6. The van der Waals surface area contributed by atoms with Crippen LogP contribution in [-0.2, 0) is 19.3 Å². The van der Waals surface area contributed by atoms with E-state index in [0.29, 0.717) is 16.8 Å². The van der Waals surface area contributed by atoms with Crippen LogP contribution in [0.5, 0.6) is 0 Å². The monoisotopic (exact) mass is 613 g/mol. The molecule has 11 heteroatoms. The standard InChI is InChI=1S/C31H39N3O6S2/c1-19(2)39-30(35)33-24-13-11-23(12-14-24)29-32-18-27(41-29)26-16-15-25(34-31(36)40-20(3)4)17-28(26)42(37,38)21(5)22-9-7-6-8-10-22/h6-10,15-21,23-24H,11-14H2,1-5H3,(H,33,35)(H,34,36). The van der Waals surface area contributed by atoms with Gasteiger partial charge in [0.05, 0.1) is 32.2 Å². The molecular weight excluding hydrogens is 574 g/mol. The predicted molar refractivity (Wildman–Crippen MR) is 165 cm³/mol. The molecule has 1 heterocycles. The molecule has 1 atom stereocenters. The quantitative estimate of drug-likeness (QED) is 0.257. The fourth-order valence-electron chi connectivity index (χ4n) is 4.99. The number of carbonyl (C=O) groups excluding carboxylic acids is 2. The van der Waals surface area contributed by atoms with Crippen LogP contribution in [0.15, 0.2) is 59.6 Å². The van der Waals surface area contributed by atoms with Crippen LogP contribution < -0.4 is 10.6 Å². The molecule has 1 aliphatic rings. The maximum atomic E-state index is 14.0. The van der Waals surface area contributed by atoms with E-state index in [2.05, 4.69) is 10.6 Å². The van der Waals surface area contributed by atoms with Crippen LogP contribution in [0.4, 0.5) is 15.3 Å². The van der Waals surface area contributed by atoms with Crippen molar-refractivity contribution in [2.45, 2.75) is 94.6 Å². The molecule has 9 nitrogen and oxygen atoms in total. The maximum Gasteiger partial charge on any atom is 0.411 e. The van der Waals surface area contributed by atoms with Crippen molar-refractivity contribution in [2.24, 2.45) is 0 Å². The molecule has 3 aromatic rings. The van der Waals surface area contributed by atoms with Crippen LogP contribution >= 0.6 is 11.3 Å². The first-order valence-electron chi connectivity index (χ1n) is 14.3. The fraction of sp³-hybridized carbons (Fsp3) is 0.452. The lowest BCUT2D eigenvalue weighted by Crippen LogP contribution is -2.38. The lowest BCUT2D eigenvalue weighted by atomic mass is 9.86. The summed E-state index contributed by atoms with van der Waals surface area (Å²) >= 11 is 1.48. The summed E-state index contributed by atoms with van der Waals surface area (Å²) < 4.78 is 38.5. The molecule has 0 radical (unpaired) electrons. The molecule has 1 aliphatic carbocycles. The molecule has 0 aliphatic heterocycles. The molecule has 1 saturated carbocycles. The van der Waals surface area contributed by atoms with Crippen LogP contribution in [0.25, 0.3) is 10.4 Å². The smallest absolute Gasteiger partial charge is 0.411 e. The van der Waals surface area contributed by atoms with E-state index in [-0.39, 0.29) is 35.2 Å². The maximum absolute atomic E-state index is 14.0. The van der Waals surface area contributed by atoms with Crippen molar-refractivity contribution < 1.29 is 27.5 Å². The summed E-state index contributed by atoms with van der Waals surface area (Å²) in [5, 5.41) is 5.73. The first-order chi connectivity index (χ1) is 19.9. The molecule has 4 rings (SSSR count). The van der Waals surface area contributed by atoms with E-state index in [1.54, 1.807) is 51.2 Å². The number of nitrogens with zero attached hydrogens (tertiary/aromatic N) is 1. The minimum atomic E-state index is -3.86. The van der Waals surface area contributed by atoms with Crippen LogP contribution in [0.2, 0.25) is 0 Å². The Labute approximate surface area is 252 Å². The van der Waals surface area contributed by atoms with Crippen molar-refractivity contribution in [3.63, 3.8) is 0 Å². The Balaban J connectivity index is 1.59. The highest BCUT2D eigenvalue weighted by Crippen LogP contribution is 2.42. The number of carbonyl (C=O) groups is 2. The summed E-state index contributed by atoms with van der Waals surface area (Å²) in [6, 6.07) is 14.0. The van der Waals surface area contributed by atoms with Gasteiger partial charge in [-0.3, -0.25) is 5.32 Å². The van der Waals surface area contributed by atoms with E-state index in [9.17, 15) is 18.0 Å². The average Bonchev–Trinajstić information content (AvgIpc) is 3.43. The summed E-state index contributed by atoms with van der Waals surface area (Å²) in [7, 11) is -3.86. The van der Waals surface area contributed by atoms with Gasteiger partial charge in [-0.2, -0.15) is 0 Å². The molecular formula is C31H39N3O6S2. The molecule has 2 amide bonds. The van der Waals surface area contributed by atoms with Gasteiger partial charge >= 0.3 is 12.2 Å². The van der Waals surface area contributed by atoms with Crippen molar-refractivity contribution in [1.82, 2.24) is 10.3 Å². The molecule has 42 heavy (non-hydrogen) atoms. The van der Waals surface area contributed by atoms with Crippen LogP contribution in [0, 0.1) is 0 Å². The van der Waals surface area contributed by atoms with Crippen molar-refractivity contribution in [3.05, 3.63) is 65.3 Å². The molecule has 2 aromatic carbocycles. The zero-order valence-corrected chi connectivity index (χ0v) is 26.3. The van der Waals surface area contributed by atoms with Gasteiger partial charge in [-0.25, -0.2) is 23.0 Å². The number of benzene rings is 2. The van der Waals surface area contributed by atoms with Gasteiger partial charge in [-0.1, -0.05) is 36.4 Å². The second-order valence-corrected chi connectivity index (χ2v) is 14.4. The number of hydrogen-bond acceptors (Lipinski definition) is 8. The second kappa shape index (κ2) is 13.7. The summed E-state index contributed by atoms with van der Waals surface area (Å²) in [5.74, 6) is 0.220. The van der Waals surface area contributed by atoms with E-state index in [1.807, 2.05) is 32.0 Å². The van der Waals surface area contributed by atoms with Crippen LogP contribution in [0.3, 0.4) is 0 Å². The van der Waals surface area contributed by atoms with Crippen LogP contribution in [-0.4, -0.2) is 43.8 Å². The zero-order chi connectivity index (χ0) is 30.4. The number of thiazole rings is 1. The third-order valence-corrected chi connectivity index (χ3v) is 10.5. The normalized spacial score (nSPS) is 18.0. The van der Waals surface area contributed by atoms with Gasteiger partial charge in [0.15, 0.2) is 9.84 Å². The Kier molecular flexibility index (Phi) is 10.3. The summed E-state index contributed by atoms with van der Waals surface area (Å²) in [5.41, 5.74) is 1.54. The topological polar surface area (TPSA) is 124 Å². The number of nitrogens with one attached hydrogen (secondary N) is 2. The molecule has 1 fully saturated rings. The van der Waals surface area contributed by atoms with E-state index in [0.717, 1.165) is 35.6 Å². The van der Waals surface area contributed by atoms with Gasteiger partial charge in [0.2, 0.25) is 0 Å². The highest BCUT2D eigenvalue weighted by Gasteiger charge is 2.30. The number of sulfone groups is 1.